The van der Waals surface area contributed by atoms with E-state index in [4.69, 9.17) is 17.2 Å². The summed E-state index contributed by atoms with van der Waals surface area (Å²) in [4.78, 5) is 20.4. The molecule has 1 aromatic heterocycles. The van der Waals surface area contributed by atoms with Gasteiger partial charge in [0.15, 0.2) is 0 Å². The quantitative estimate of drug-likeness (QED) is 0.248. The Morgan fingerprint density at radius 3 is 2.48 bits per heavy atom. The number of carbonyl (C=O) groups excluding carboxylic acids is 1. The van der Waals surface area contributed by atoms with E-state index < -0.39 is 5.91 Å². The van der Waals surface area contributed by atoms with Crippen LogP contribution in [0.4, 0.5) is 15.9 Å². The number of hydrogen-bond acceptors (Lipinski definition) is 6. The van der Waals surface area contributed by atoms with Gasteiger partial charge in [-0.2, -0.15) is 0 Å². The first-order chi connectivity index (χ1) is 14.9. The fourth-order valence-corrected chi connectivity index (χ4v) is 3.59. The first-order valence-electron chi connectivity index (χ1n) is 10.2. The highest BCUT2D eigenvalue weighted by Crippen LogP contribution is 2.29. The molecule has 0 atom stereocenters. The number of carbonyl (C=O) groups is 1. The lowest BCUT2D eigenvalue weighted by Crippen LogP contribution is -2.53. The molecule has 1 saturated carbocycles. The van der Waals surface area contributed by atoms with Gasteiger partial charge in [0.2, 0.25) is 0 Å². The molecule has 0 radical (unpaired) electrons. The van der Waals surface area contributed by atoms with Crippen molar-refractivity contribution >= 4 is 23.2 Å². The molecular weight excluding hydrogens is 397 g/mol. The zero-order valence-corrected chi connectivity index (χ0v) is 17.2. The molecule has 1 aromatic carbocycles. The second kappa shape index (κ2) is 10.0. The number of amidine groups is 1. The summed E-state index contributed by atoms with van der Waals surface area (Å²) < 4.78 is 13.1. The number of nitrogens with two attached hydrogens (primary N) is 3. The Kier molecular flexibility index (Phi) is 7.19. The van der Waals surface area contributed by atoms with Crippen molar-refractivity contribution < 1.29 is 9.18 Å². The molecule has 1 aliphatic carbocycles. The van der Waals surface area contributed by atoms with Crippen LogP contribution in [-0.4, -0.2) is 34.9 Å². The van der Waals surface area contributed by atoms with Crippen LogP contribution in [0.25, 0.3) is 0 Å². The van der Waals surface area contributed by atoms with Crippen molar-refractivity contribution in [3.8, 4) is 0 Å². The van der Waals surface area contributed by atoms with E-state index in [0.717, 1.165) is 31.5 Å². The van der Waals surface area contributed by atoms with Crippen molar-refractivity contribution in [1.82, 2.24) is 10.3 Å². The van der Waals surface area contributed by atoms with Crippen LogP contribution in [-0.2, 0) is 4.79 Å². The number of primary amides is 1. The summed E-state index contributed by atoms with van der Waals surface area (Å²) >= 11 is 0. The Morgan fingerprint density at radius 1 is 1.19 bits per heavy atom. The van der Waals surface area contributed by atoms with Crippen LogP contribution in [0.1, 0.15) is 25.7 Å². The molecule has 8 N–H and O–H groups in total. The van der Waals surface area contributed by atoms with Crippen LogP contribution in [0.15, 0.2) is 65.4 Å². The molecule has 0 aliphatic heterocycles. The van der Waals surface area contributed by atoms with Crippen molar-refractivity contribution in [2.24, 2.45) is 22.2 Å². The number of nitrogens with zero attached hydrogens (tertiary/aromatic N) is 2. The molecule has 0 bridgehead atoms. The van der Waals surface area contributed by atoms with Gasteiger partial charge >= 0.3 is 0 Å². The highest BCUT2D eigenvalue weighted by molar-refractivity contribution is 6.20. The number of halogens is 1. The Balaban J connectivity index is 1.67. The van der Waals surface area contributed by atoms with Gasteiger partial charge in [-0.15, -0.1) is 0 Å². The van der Waals surface area contributed by atoms with Crippen LogP contribution in [0.2, 0.25) is 0 Å². The number of aliphatic imine (C=N–C) groups is 1. The minimum Gasteiger partial charge on any atom is -0.383 e. The molecule has 1 amide bonds. The van der Waals surface area contributed by atoms with Gasteiger partial charge in [0.25, 0.3) is 5.91 Å². The first-order valence-corrected chi connectivity index (χ1v) is 10.2. The van der Waals surface area contributed by atoms with Gasteiger partial charge in [0.05, 0.1) is 11.3 Å². The van der Waals surface area contributed by atoms with Crippen molar-refractivity contribution in [3.05, 3.63) is 66.3 Å². The third-order valence-electron chi connectivity index (χ3n) is 5.49. The Bertz CT molecular complexity index is 936. The molecule has 3 rings (SSSR count). The summed E-state index contributed by atoms with van der Waals surface area (Å²) in [5.41, 5.74) is 17.7. The fraction of sp³-hybridized carbons (Fsp3) is 0.318. The minimum atomic E-state index is -0.714. The van der Waals surface area contributed by atoms with Crippen molar-refractivity contribution in [2.75, 3.05) is 11.9 Å². The zero-order chi connectivity index (χ0) is 22.3. The maximum Gasteiger partial charge on any atom is 0.253 e. The molecule has 0 saturated heterocycles. The van der Waals surface area contributed by atoms with Crippen LogP contribution in [0.5, 0.6) is 0 Å². The van der Waals surface area contributed by atoms with Gasteiger partial charge in [-0.1, -0.05) is 6.07 Å². The van der Waals surface area contributed by atoms with E-state index >= 15 is 0 Å². The molecular formula is C22H28FN7O. The molecule has 0 unspecified atom stereocenters. The second-order valence-electron chi connectivity index (χ2n) is 7.66. The maximum atomic E-state index is 13.1. The number of anilines is 1. The predicted molar refractivity (Wildman–Crippen MR) is 120 cm³/mol. The smallest absolute Gasteiger partial charge is 0.253 e. The third-order valence-corrected chi connectivity index (χ3v) is 5.49. The van der Waals surface area contributed by atoms with Gasteiger partial charge in [0, 0.05) is 30.5 Å². The van der Waals surface area contributed by atoms with E-state index in [2.05, 4.69) is 20.6 Å². The lowest BCUT2D eigenvalue weighted by Gasteiger charge is -2.40. The summed E-state index contributed by atoms with van der Waals surface area (Å²) in [6.45, 7) is 0.390. The van der Waals surface area contributed by atoms with Gasteiger partial charge in [-0.25, -0.2) is 14.4 Å². The largest absolute Gasteiger partial charge is 0.383 e. The van der Waals surface area contributed by atoms with E-state index in [0.29, 0.717) is 18.3 Å². The van der Waals surface area contributed by atoms with Crippen molar-refractivity contribution in [3.63, 3.8) is 0 Å². The third kappa shape index (κ3) is 6.02. The molecule has 164 valence electrons. The average Bonchev–Trinajstić information content (AvgIpc) is 2.77. The van der Waals surface area contributed by atoms with E-state index in [1.165, 1.54) is 30.5 Å². The van der Waals surface area contributed by atoms with Crippen LogP contribution < -0.4 is 27.8 Å². The number of hydrogen-bond donors (Lipinski definition) is 5. The molecule has 8 nitrogen and oxygen atoms in total. The van der Waals surface area contributed by atoms with E-state index in [1.807, 2.05) is 18.2 Å². The second-order valence-corrected chi connectivity index (χ2v) is 7.66. The number of nitrogens with one attached hydrogen (secondary N) is 2. The Morgan fingerprint density at radius 2 is 1.90 bits per heavy atom. The van der Waals surface area contributed by atoms with E-state index in [-0.39, 0.29) is 22.8 Å². The predicted octanol–water partition coefficient (Wildman–Crippen LogP) is 1.92. The molecule has 0 spiro atoms. The van der Waals surface area contributed by atoms with Gasteiger partial charge < -0.3 is 27.8 Å². The van der Waals surface area contributed by atoms with Crippen molar-refractivity contribution in [2.45, 2.75) is 37.3 Å². The van der Waals surface area contributed by atoms with Crippen molar-refractivity contribution in [1.29, 1.82) is 0 Å². The normalized spacial score (nSPS) is 22.1. The van der Waals surface area contributed by atoms with Gasteiger partial charge in [0.1, 0.15) is 17.5 Å². The molecule has 2 aromatic rings. The highest BCUT2D eigenvalue weighted by atomic mass is 19.1. The Labute approximate surface area is 180 Å². The summed E-state index contributed by atoms with van der Waals surface area (Å²) in [5, 5.41) is 6.71. The van der Waals surface area contributed by atoms with Gasteiger partial charge in [-0.3, -0.25) is 4.79 Å². The monoisotopic (exact) mass is 425 g/mol. The zero-order valence-electron chi connectivity index (χ0n) is 17.2. The molecule has 1 heterocycles. The fourth-order valence-electron chi connectivity index (χ4n) is 3.59. The average molecular weight is 426 g/mol. The SMILES string of the molecule is NCC1(N/C=C(/C(N)=O)C(N)=Nc2ccc(F)cc2)CCC(Nc2ccccn2)CC1. The summed E-state index contributed by atoms with van der Waals surface area (Å²) in [7, 11) is 0. The molecule has 31 heavy (non-hydrogen) atoms. The lowest BCUT2D eigenvalue weighted by molar-refractivity contribution is -0.114. The standard InChI is InChI=1S/C22H28FN7O/c23-15-4-6-16(7-5-15)30-20(25)18(21(26)31)13-28-22(14-24)10-8-17(9-11-22)29-19-3-1-2-12-27-19/h1-7,12-13,17,28H,8-11,14,24H2,(H2,25,30)(H2,26,31)(H,27,29)/b18-13+. The Hall–Kier alpha value is -3.46. The molecule has 1 fully saturated rings. The highest BCUT2D eigenvalue weighted by Gasteiger charge is 2.33. The molecule has 9 heteroatoms. The molecule has 1 aliphatic rings. The van der Waals surface area contributed by atoms with E-state index in [1.54, 1.807) is 6.20 Å². The maximum absolute atomic E-state index is 13.1. The first kappa shape index (κ1) is 22.2. The summed E-state index contributed by atoms with van der Waals surface area (Å²) in [5.74, 6) is -0.304. The number of aromatic nitrogens is 1. The summed E-state index contributed by atoms with van der Waals surface area (Å²) in [6, 6.07) is 11.5. The number of rotatable bonds is 8. The van der Waals surface area contributed by atoms with Gasteiger partial charge in [-0.05, 0) is 62.1 Å². The lowest BCUT2D eigenvalue weighted by atomic mass is 9.79. The van der Waals surface area contributed by atoms with Crippen LogP contribution in [0.3, 0.4) is 0 Å². The van der Waals surface area contributed by atoms with Crippen LogP contribution >= 0.6 is 0 Å². The number of benzene rings is 1. The summed E-state index contributed by atoms with van der Waals surface area (Å²) in [6.07, 6.45) is 6.62. The number of amides is 1. The minimum absolute atomic E-state index is 0.0471. The van der Waals surface area contributed by atoms with E-state index in [9.17, 15) is 9.18 Å². The van der Waals surface area contributed by atoms with Crippen LogP contribution in [0, 0.1) is 5.82 Å². The topological polar surface area (TPSA) is 144 Å². The number of pyridine rings is 1.